The van der Waals surface area contributed by atoms with E-state index in [2.05, 4.69) is 15.2 Å². The van der Waals surface area contributed by atoms with Crippen molar-refractivity contribution in [3.8, 4) is 0 Å². The standard InChI is InChI=1S/C21H22N4O2/c22-20(26)15-8-11-25(12-9-15)18-5-3-17(4-6-18)24-21(27)16-2-1-14-7-10-23-19(14)13-16/h1-7,10,13,15,23H,8-9,11-12H2,(H2,22,26)(H,24,27). The van der Waals surface area contributed by atoms with Crippen LogP contribution in [-0.4, -0.2) is 29.9 Å². The van der Waals surface area contributed by atoms with Crippen LogP contribution in [0.4, 0.5) is 11.4 Å². The van der Waals surface area contributed by atoms with Gasteiger partial charge < -0.3 is 20.9 Å². The van der Waals surface area contributed by atoms with Crippen LogP contribution in [0.2, 0.25) is 0 Å². The number of aromatic nitrogens is 1. The molecule has 0 bridgehead atoms. The first-order valence-electron chi connectivity index (χ1n) is 9.13. The number of H-pyrrole nitrogens is 1. The second kappa shape index (κ2) is 7.15. The lowest BCUT2D eigenvalue weighted by molar-refractivity contribution is -0.122. The molecule has 3 aromatic rings. The SMILES string of the molecule is NC(=O)C1CCN(c2ccc(NC(=O)c3ccc4cc[nH]c4c3)cc2)CC1. The lowest BCUT2D eigenvalue weighted by Crippen LogP contribution is -2.38. The van der Waals surface area contributed by atoms with Gasteiger partial charge in [-0.2, -0.15) is 0 Å². The molecule has 6 heteroatoms. The molecule has 6 nitrogen and oxygen atoms in total. The second-order valence-electron chi connectivity index (χ2n) is 6.94. The van der Waals surface area contributed by atoms with Gasteiger partial charge in [-0.15, -0.1) is 0 Å². The zero-order valence-corrected chi connectivity index (χ0v) is 14.9. The number of nitrogens with one attached hydrogen (secondary N) is 2. The van der Waals surface area contributed by atoms with Crippen molar-refractivity contribution in [2.24, 2.45) is 11.7 Å². The average Bonchev–Trinajstić information content (AvgIpc) is 3.16. The third-order valence-electron chi connectivity index (χ3n) is 5.20. The number of anilines is 2. The Morgan fingerprint density at radius 3 is 2.48 bits per heavy atom. The lowest BCUT2D eigenvalue weighted by Gasteiger charge is -2.32. The van der Waals surface area contributed by atoms with Gasteiger partial charge in [0.15, 0.2) is 0 Å². The molecule has 4 N–H and O–H groups in total. The Bertz CT molecular complexity index is 969. The second-order valence-corrected chi connectivity index (χ2v) is 6.94. The van der Waals surface area contributed by atoms with E-state index in [0.717, 1.165) is 48.2 Å². The summed E-state index contributed by atoms with van der Waals surface area (Å²) in [5.74, 6) is -0.358. The quantitative estimate of drug-likeness (QED) is 0.666. The summed E-state index contributed by atoms with van der Waals surface area (Å²) in [6.07, 6.45) is 3.43. The molecular formula is C21H22N4O2. The Labute approximate surface area is 157 Å². The maximum Gasteiger partial charge on any atom is 0.255 e. The number of benzene rings is 2. The van der Waals surface area contributed by atoms with Crippen molar-refractivity contribution >= 4 is 34.1 Å². The summed E-state index contributed by atoms with van der Waals surface area (Å²) in [6, 6.07) is 15.4. The number of carbonyl (C=O) groups is 2. The Balaban J connectivity index is 1.40. The number of amides is 2. The first-order chi connectivity index (χ1) is 13.1. The van der Waals surface area contributed by atoms with Crippen molar-refractivity contribution in [1.82, 2.24) is 4.98 Å². The molecule has 2 heterocycles. The monoisotopic (exact) mass is 362 g/mol. The van der Waals surface area contributed by atoms with Crippen LogP contribution in [0, 0.1) is 5.92 Å². The predicted molar refractivity (Wildman–Crippen MR) is 107 cm³/mol. The Morgan fingerprint density at radius 1 is 1.04 bits per heavy atom. The van der Waals surface area contributed by atoms with Crippen LogP contribution in [0.15, 0.2) is 54.7 Å². The summed E-state index contributed by atoms with van der Waals surface area (Å²) in [5, 5.41) is 4.01. The molecule has 1 aliphatic heterocycles. The zero-order valence-electron chi connectivity index (χ0n) is 14.9. The molecule has 1 fully saturated rings. The van der Waals surface area contributed by atoms with Crippen molar-refractivity contribution in [1.29, 1.82) is 0 Å². The summed E-state index contributed by atoms with van der Waals surface area (Å²) in [4.78, 5) is 29.1. The number of piperidine rings is 1. The zero-order chi connectivity index (χ0) is 18.8. The maximum atomic E-state index is 12.5. The van der Waals surface area contributed by atoms with E-state index in [-0.39, 0.29) is 17.7 Å². The Kier molecular flexibility index (Phi) is 4.54. The highest BCUT2D eigenvalue weighted by atomic mass is 16.2. The smallest absolute Gasteiger partial charge is 0.255 e. The van der Waals surface area contributed by atoms with Crippen LogP contribution in [0.1, 0.15) is 23.2 Å². The van der Waals surface area contributed by atoms with Gasteiger partial charge in [0.25, 0.3) is 5.91 Å². The van der Waals surface area contributed by atoms with Gasteiger partial charge in [0, 0.05) is 47.7 Å². The highest BCUT2D eigenvalue weighted by Crippen LogP contribution is 2.25. The molecule has 0 aliphatic carbocycles. The average molecular weight is 362 g/mol. The number of nitrogens with zero attached hydrogens (tertiary/aromatic N) is 1. The van der Waals surface area contributed by atoms with Gasteiger partial charge in [-0.3, -0.25) is 9.59 Å². The number of aromatic amines is 1. The van der Waals surface area contributed by atoms with E-state index < -0.39 is 0 Å². The van der Waals surface area contributed by atoms with Gasteiger partial charge in [-0.1, -0.05) is 6.07 Å². The summed E-state index contributed by atoms with van der Waals surface area (Å²) in [6.45, 7) is 1.63. The van der Waals surface area contributed by atoms with Gasteiger partial charge in [0.05, 0.1) is 0 Å². The number of hydrogen-bond acceptors (Lipinski definition) is 3. The summed E-state index contributed by atoms with van der Waals surface area (Å²) in [7, 11) is 0. The van der Waals surface area contributed by atoms with E-state index in [9.17, 15) is 9.59 Å². The molecule has 1 aromatic heterocycles. The van der Waals surface area contributed by atoms with Crippen LogP contribution in [0.5, 0.6) is 0 Å². The van der Waals surface area contributed by atoms with Gasteiger partial charge >= 0.3 is 0 Å². The highest BCUT2D eigenvalue weighted by molar-refractivity contribution is 6.06. The van der Waals surface area contributed by atoms with E-state index in [4.69, 9.17) is 5.73 Å². The lowest BCUT2D eigenvalue weighted by atomic mass is 9.96. The number of fused-ring (bicyclic) bond motifs is 1. The fourth-order valence-electron chi connectivity index (χ4n) is 3.57. The molecule has 27 heavy (non-hydrogen) atoms. The van der Waals surface area contributed by atoms with Crippen LogP contribution < -0.4 is 16.0 Å². The Morgan fingerprint density at radius 2 is 1.78 bits per heavy atom. The molecule has 4 rings (SSSR count). The molecule has 138 valence electrons. The van der Waals surface area contributed by atoms with Gasteiger partial charge in [0.2, 0.25) is 5.91 Å². The molecule has 0 atom stereocenters. The maximum absolute atomic E-state index is 12.5. The number of carbonyl (C=O) groups excluding carboxylic acids is 2. The molecule has 1 saturated heterocycles. The van der Waals surface area contributed by atoms with Crippen molar-refractivity contribution in [3.05, 3.63) is 60.3 Å². The number of hydrogen-bond donors (Lipinski definition) is 3. The first kappa shape index (κ1) is 17.1. The van der Waals surface area contributed by atoms with E-state index in [1.54, 1.807) is 0 Å². The van der Waals surface area contributed by atoms with Crippen LogP contribution >= 0.6 is 0 Å². The van der Waals surface area contributed by atoms with Crippen molar-refractivity contribution < 1.29 is 9.59 Å². The van der Waals surface area contributed by atoms with E-state index >= 15 is 0 Å². The molecular weight excluding hydrogens is 340 g/mol. The minimum absolute atomic E-state index is 0.0168. The minimum atomic E-state index is -0.203. The highest BCUT2D eigenvalue weighted by Gasteiger charge is 2.23. The van der Waals surface area contributed by atoms with Crippen molar-refractivity contribution in [2.45, 2.75) is 12.8 Å². The van der Waals surface area contributed by atoms with E-state index in [0.29, 0.717) is 5.56 Å². The van der Waals surface area contributed by atoms with Crippen LogP contribution in [0.25, 0.3) is 10.9 Å². The number of primary amides is 1. The van der Waals surface area contributed by atoms with Crippen molar-refractivity contribution in [3.63, 3.8) is 0 Å². The summed E-state index contributed by atoms with van der Waals surface area (Å²) >= 11 is 0. The molecule has 1 aliphatic rings. The van der Waals surface area contributed by atoms with E-state index in [1.165, 1.54) is 0 Å². The molecule has 0 spiro atoms. The third-order valence-corrected chi connectivity index (χ3v) is 5.20. The van der Waals surface area contributed by atoms with E-state index in [1.807, 2.05) is 54.7 Å². The van der Waals surface area contributed by atoms with Gasteiger partial charge in [-0.25, -0.2) is 0 Å². The normalized spacial score (nSPS) is 15.0. The predicted octanol–water partition coefficient (Wildman–Crippen LogP) is 3.12. The third kappa shape index (κ3) is 3.65. The first-order valence-corrected chi connectivity index (χ1v) is 9.13. The number of rotatable bonds is 4. The fraction of sp³-hybridized carbons (Fsp3) is 0.238. The molecule has 0 radical (unpaired) electrons. The minimum Gasteiger partial charge on any atom is -0.371 e. The van der Waals surface area contributed by atoms with Crippen LogP contribution in [-0.2, 0) is 4.79 Å². The number of nitrogens with two attached hydrogens (primary N) is 1. The topological polar surface area (TPSA) is 91.2 Å². The largest absolute Gasteiger partial charge is 0.371 e. The summed E-state index contributed by atoms with van der Waals surface area (Å²) in [5.41, 5.74) is 8.78. The van der Waals surface area contributed by atoms with Crippen molar-refractivity contribution in [2.75, 3.05) is 23.3 Å². The van der Waals surface area contributed by atoms with Crippen LogP contribution in [0.3, 0.4) is 0 Å². The molecule has 0 saturated carbocycles. The fourth-order valence-corrected chi connectivity index (χ4v) is 3.57. The molecule has 0 unspecified atom stereocenters. The molecule has 2 aromatic carbocycles. The molecule has 2 amide bonds. The summed E-state index contributed by atoms with van der Waals surface area (Å²) < 4.78 is 0. The Hall–Kier alpha value is -3.28. The van der Waals surface area contributed by atoms with Gasteiger partial charge in [0.1, 0.15) is 0 Å². The van der Waals surface area contributed by atoms with Gasteiger partial charge in [-0.05, 0) is 60.7 Å².